The van der Waals surface area contributed by atoms with E-state index in [2.05, 4.69) is 20.7 Å². The molecule has 0 aliphatic rings. The van der Waals surface area contributed by atoms with Crippen molar-refractivity contribution in [3.63, 3.8) is 0 Å². The van der Waals surface area contributed by atoms with Crippen LogP contribution in [0.2, 0.25) is 5.02 Å². The summed E-state index contributed by atoms with van der Waals surface area (Å²) in [7, 11) is -3.79. The molecular formula is C9H10BrClN2O4S. The lowest BCUT2D eigenvalue weighted by molar-refractivity contribution is -0.385. The van der Waals surface area contributed by atoms with E-state index in [9.17, 15) is 18.5 Å². The first-order valence-corrected chi connectivity index (χ1v) is 7.78. The molecule has 0 bridgehead atoms. The van der Waals surface area contributed by atoms with Gasteiger partial charge in [-0.05, 0) is 13.0 Å². The summed E-state index contributed by atoms with van der Waals surface area (Å²) in [6, 6.07) is 2.19. The van der Waals surface area contributed by atoms with Gasteiger partial charge in [0.25, 0.3) is 5.69 Å². The first kappa shape index (κ1) is 15.4. The molecule has 0 saturated heterocycles. The van der Waals surface area contributed by atoms with E-state index in [4.69, 9.17) is 11.6 Å². The maximum Gasteiger partial charge on any atom is 0.275 e. The van der Waals surface area contributed by atoms with Crippen LogP contribution >= 0.6 is 27.5 Å². The van der Waals surface area contributed by atoms with E-state index in [1.165, 1.54) is 13.0 Å². The number of sulfonamides is 1. The smallest absolute Gasteiger partial charge is 0.258 e. The summed E-state index contributed by atoms with van der Waals surface area (Å²) in [6.07, 6.45) is 0. The standard InChI is InChI=1S/C9H10BrClN2O4S/c1-6-8(11)4-7(5-9(6)13(14)15)18(16,17)12-3-2-10/h4-5,12H,2-3H2,1H3. The van der Waals surface area contributed by atoms with Gasteiger partial charge in [0.05, 0.1) is 14.8 Å². The summed E-state index contributed by atoms with van der Waals surface area (Å²) in [5, 5.41) is 11.3. The molecule has 1 rings (SSSR count). The van der Waals surface area contributed by atoms with Crippen molar-refractivity contribution < 1.29 is 13.3 Å². The van der Waals surface area contributed by atoms with Crippen LogP contribution in [0.5, 0.6) is 0 Å². The van der Waals surface area contributed by atoms with Crippen molar-refractivity contribution in [3.8, 4) is 0 Å². The van der Waals surface area contributed by atoms with Crippen LogP contribution in [0.15, 0.2) is 17.0 Å². The second-order valence-electron chi connectivity index (χ2n) is 3.39. The Kier molecular flexibility index (Phi) is 5.09. The van der Waals surface area contributed by atoms with Crippen molar-refractivity contribution in [2.45, 2.75) is 11.8 Å². The molecule has 0 aliphatic carbocycles. The number of nitrogens with one attached hydrogen (secondary N) is 1. The molecule has 0 heterocycles. The number of nitrogens with zero attached hydrogens (tertiary/aromatic N) is 1. The van der Waals surface area contributed by atoms with Crippen molar-refractivity contribution in [1.82, 2.24) is 4.72 Å². The number of alkyl halides is 1. The number of nitro groups is 1. The SMILES string of the molecule is Cc1c(Cl)cc(S(=O)(=O)NCCBr)cc1[N+](=O)[O-]. The molecule has 1 aromatic carbocycles. The highest BCUT2D eigenvalue weighted by Gasteiger charge is 2.21. The van der Waals surface area contributed by atoms with Crippen LogP contribution in [0.1, 0.15) is 5.56 Å². The van der Waals surface area contributed by atoms with Gasteiger partial charge in [0, 0.05) is 23.5 Å². The fourth-order valence-electron chi connectivity index (χ4n) is 1.24. The molecule has 0 aliphatic heterocycles. The molecule has 0 radical (unpaired) electrons. The minimum absolute atomic E-state index is 0.0448. The maximum atomic E-state index is 11.8. The van der Waals surface area contributed by atoms with E-state index in [-0.39, 0.29) is 27.7 Å². The summed E-state index contributed by atoms with van der Waals surface area (Å²) in [6.45, 7) is 1.64. The number of hydrogen-bond donors (Lipinski definition) is 1. The van der Waals surface area contributed by atoms with E-state index in [1.54, 1.807) is 0 Å². The zero-order chi connectivity index (χ0) is 13.9. The zero-order valence-electron chi connectivity index (χ0n) is 9.31. The largest absolute Gasteiger partial charge is 0.275 e. The van der Waals surface area contributed by atoms with Gasteiger partial charge in [-0.25, -0.2) is 13.1 Å². The van der Waals surface area contributed by atoms with E-state index in [1.807, 2.05) is 0 Å². The molecule has 0 aromatic heterocycles. The first-order valence-electron chi connectivity index (χ1n) is 4.79. The van der Waals surface area contributed by atoms with Gasteiger partial charge in [-0.15, -0.1) is 0 Å². The lowest BCUT2D eigenvalue weighted by Gasteiger charge is -2.07. The van der Waals surface area contributed by atoms with E-state index in [0.29, 0.717) is 5.33 Å². The maximum absolute atomic E-state index is 11.8. The molecule has 6 nitrogen and oxygen atoms in total. The van der Waals surface area contributed by atoms with Gasteiger partial charge in [-0.3, -0.25) is 10.1 Å². The fourth-order valence-corrected chi connectivity index (χ4v) is 3.06. The van der Waals surface area contributed by atoms with Crippen molar-refractivity contribution in [2.24, 2.45) is 0 Å². The summed E-state index contributed by atoms with van der Waals surface area (Å²) in [5.41, 5.74) is -0.0807. The number of rotatable bonds is 5. The molecule has 1 aromatic rings. The molecule has 0 amide bonds. The Morgan fingerprint density at radius 1 is 1.50 bits per heavy atom. The number of hydrogen-bond acceptors (Lipinski definition) is 4. The monoisotopic (exact) mass is 356 g/mol. The highest BCUT2D eigenvalue weighted by atomic mass is 79.9. The molecule has 18 heavy (non-hydrogen) atoms. The normalized spacial score (nSPS) is 11.5. The molecule has 0 fully saturated rings. The summed E-state index contributed by atoms with van der Waals surface area (Å²) in [4.78, 5) is 9.91. The van der Waals surface area contributed by atoms with Gasteiger partial charge in [-0.1, -0.05) is 27.5 Å². The van der Waals surface area contributed by atoms with E-state index >= 15 is 0 Å². The van der Waals surface area contributed by atoms with Crippen LogP contribution in [0, 0.1) is 17.0 Å². The van der Waals surface area contributed by atoms with Gasteiger partial charge < -0.3 is 0 Å². The van der Waals surface area contributed by atoms with Crippen molar-refractivity contribution in [1.29, 1.82) is 0 Å². The summed E-state index contributed by atoms with van der Waals surface area (Å²) >= 11 is 8.87. The quantitative estimate of drug-likeness (QED) is 0.497. The van der Waals surface area contributed by atoms with Crippen molar-refractivity contribution in [3.05, 3.63) is 32.8 Å². The topological polar surface area (TPSA) is 89.3 Å². The Balaban J connectivity index is 3.31. The van der Waals surface area contributed by atoms with Crippen molar-refractivity contribution in [2.75, 3.05) is 11.9 Å². The predicted octanol–water partition coefficient (Wildman–Crippen LogP) is 2.23. The molecule has 1 N–H and O–H groups in total. The second-order valence-corrected chi connectivity index (χ2v) is 6.36. The lowest BCUT2D eigenvalue weighted by Crippen LogP contribution is -2.25. The van der Waals surface area contributed by atoms with Crippen LogP contribution < -0.4 is 4.72 Å². The van der Waals surface area contributed by atoms with Crippen LogP contribution in [0.4, 0.5) is 5.69 Å². The van der Waals surface area contributed by atoms with Crippen LogP contribution in [0.3, 0.4) is 0 Å². The minimum Gasteiger partial charge on any atom is -0.258 e. The summed E-state index contributed by atoms with van der Waals surface area (Å²) < 4.78 is 25.9. The predicted molar refractivity (Wildman–Crippen MR) is 71.8 cm³/mol. The Bertz CT molecular complexity index is 576. The first-order chi connectivity index (χ1) is 8.29. The lowest BCUT2D eigenvalue weighted by atomic mass is 10.2. The average Bonchev–Trinajstić information content (AvgIpc) is 2.29. The van der Waals surface area contributed by atoms with Gasteiger partial charge in [0.15, 0.2) is 0 Å². The minimum atomic E-state index is -3.79. The number of nitro benzene ring substituents is 1. The van der Waals surface area contributed by atoms with Gasteiger partial charge in [0.1, 0.15) is 0 Å². The average molecular weight is 358 g/mol. The highest BCUT2D eigenvalue weighted by Crippen LogP contribution is 2.29. The second kappa shape index (κ2) is 5.96. The Morgan fingerprint density at radius 3 is 2.61 bits per heavy atom. The highest BCUT2D eigenvalue weighted by molar-refractivity contribution is 9.09. The Labute approximate surface area is 118 Å². The molecule has 0 atom stereocenters. The van der Waals surface area contributed by atoms with E-state index < -0.39 is 14.9 Å². The van der Waals surface area contributed by atoms with Gasteiger partial charge >= 0.3 is 0 Å². The molecule has 0 spiro atoms. The van der Waals surface area contributed by atoms with Gasteiger partial charge in [0.2, 0.25) is 10.0 Å². The molecule has 0 saturated carbocycles. The Morgan fingerprint density at radius 2 is 2.11 bits per heavy atom. The fraction of sp³-hybridized carbons (Fsp3) is 0.333. The van der Waals surface area contributed by atoms with Crippen LogP contribution in [-0.4, -0.2) is 25.2 Å². The Hall–Kier alpha value is -0.700. The van der Waals surface area contributed by atoms with Crippen molar-refractivity contribution >= 4 is 43.2 Å². The summed E-state index contributed by atoms with van der Waals surface area (Å²) in [5.74, 6) is 0. The number of benzene rings is 1. The van der Waals surface area contributed by atoms with E-state index in [0.717, 1.165) is 6.07 Å². The zero-order valence-corrected chi connectivity index (χ0v) is 12.5. The number of halogens is 2. The van der Waals surface area contributed by atoms with Crippen LogP contribution in [-0.2, 0) is 10.0 Å². The molecule has 9 heteroatoms. The third kappa shape index (κ3) is 3.41. The third-order valence-electron chi connectivity index (χ3n) is 2.18. The van der Waals surface area contributed by atoms with Crippen LogP contribution in [0.25, 0.3) is 0 Å². The molecule has 0 unspecified atom stereocenters. The molecular weight excluding hydrogens is 348 g/mol. The molecule has 100 valence electrons. The van der Waals surface area contributed by atoms with Gasteiger partial charge in [-0.2, -0.15) is 0 Å². The third-order valence-corrected chi connectivity index (χ3v) is 4.41.